The summed E-state index contributed by atoms with van der Waals surface area (Å²) in [5.41, 5.74) is 2.67. The smallest absolute Gasteiger partial charge is 0.404 e. The van der Waals surface area contributed by atoms with Gasteiger partial charge < -0.3 is 4.74 Å². The average Bonchev–Trinajstić information content (AvgIpc) is 3.52. The lowest BCUT2D eigenvalue weighted by molar-refractivity contribution is -0.274. The van der Waals surface area contributed by atoms with E-state index in [9.17, 15) is 34.2 Å². The van der Waals surface area contributed by atoms with Crippen molar-refractivity contribution in [2.24, 2.45) is 0 Å². The molecule has 0 saturated carbocycles. The molecule has 0 spiro atoms. The predicted molar refractivity (Wildman–Crippen MR) is 164 cm³/mol. The van der Waals surface area contributed by atoms with Gasteiger partial charge in [-0.2, -0.15) is 10.5 Å². The topological polar surface area (TPSA) is 117 Å². The summed E-state index contributed by atoms with van der Waals surface area (Å²) >= 11 is 0. The van der Waals surface area contributed by atoms with Crippen LogP contribution in [0.25, 0.3) is 48.1 Å². The van der Waals surface area contributed by atoms with Gasteiger partial charge in [0, 0.05) is 5.57 Å². The van der Waals surface area contributed by atoms with Crippen LogP contribution in [0, 0.1) is 78.9 Å². The molecule has 3 aromatic rings. The first kappa shape index (κ1) is 31.1. The second-order valence-corrected chi connectivity index (χ2v) is 10.3. The number of halogens is 3. The monoisotopic (exact) mass is 617 g/mol. The van der Waals surface area contributed by atoms with Crippen LogP contribution < -0.4 is 4.74 Å². The number of nitriles is 4. The van der Waals surface area contributed by atoms with Gasteiger partial charge in [0.1, 0.15) is 17.9 Å². The van der Waals surface area contributed by atoms with Crippen LogP contribution in [0.1, 0.15) is 50.1 Å². The first-order valence-corrected chi connectivity index (χ1v) is 13.3. The van der Waals surface area contributed by atoms with Crippen LogP contribution in [0.4, 0.5) is 13.2 Å². The molecule has 0 heterocycles. The van der Waals surface area contributed by atoms with Crippen LogP contribution in [0.5, 0.6) is 5.75 Å². The lowest BCUT2D eigenvalue weighted by Gasteiger charge is -2.14. The molecule has 0 aliphatic heterocycles. The molecule has 0 bridgehead atoms. The number of benzene rings is 3. The van der Waals surface area contributed by atoms with E-state index in [1.807, 2.05) is 44.2 Å². The molecule has 0 amide bonds. The molecule has 220 valence electrons. The fourth-order valence-corrected chi connectivity index (χ4v) is 5.87. The van der Waals surface area contributed by atoms with E-state index in [4.69, 9.17) is 19.7 Å². The van der Waals surface area contributed by atoms with Crippen molar-refractivity contribution in [2.75, 3.05) is 0 Å². The van der Waals surface area contributed by atoms with Crippen molar-refractivity contribution in [2.45, 2.75) is 20.2 Å². The van der Waals surface area contributed by atoms with E-state index in [2.05, 4.69) is 25.3 Å². The average molecular weight is 618 g/mol. The minimum absolute atomic E-state index is 0.00729. The van der Waals surface area contributed by atoms with E-state index >= 15 is 0 Å². The summed E-state index contributed by atoms with van der Waals surface area (Å²) in [6.07, 6.45) is -5.08. The highest BCUT2D eigenvalue weighted by Crippen LogP contribution is 2.55. The van der Waals surface area contributed by atoms with Crippen molar-refractivity contribution >= 4 is 33.6 Å². The molecule has 0 atom stereocenters. The Labute approximate surface area is 266 Å². The van der Waals surface area contributed by atoms with Crippen molar-refractivity contribution in [3.05, 3.63) is 144 Å². The highest BCUT2D eigenvalue weighted by molar-refractivity contribution is 6.29. The van der Waals surface area contributed by atoms with E-state index in [0.717, 1.165) is 23.3 Å². The summed E-state index contributed by atoms with van der Waals surface area (Å²) in [6.45, 7) is 27.3. The molecule has 0 saturated heterocycles. The minimum Gasteiger partial charge on any atom is -0.404 e. The Morgan fingerprint density at radius 2 is 1.28 bits per heavy atom. The molecule has 11 heteroatoms. The maximum Gasteiger partial charge on any atom is 0.573 e. The van der Waals surface area contributed by atoms with Gasteiger partial charge in [-0.05, 0) is 82.1 Å². The Balaban J connectivity index is 1.89. The van der Waals surface area contributed by atoms with Crippen LogP contribution in [-0.2, 0) is 0 Å². The van der Waals surface area contributed by atoms with E-state index in [-0.39, 0.29) is 50.4 Å². The van der Waals surface area contributed by atoms with E-state index < -0.39 is 23.4 Å². The van der Waals surface area contributed by atoms with Crippen molar-refractivity contribution in [1.82, 2.24) is 0 Å². The van der Waals surface area contributed by atoms with Crippen LogP contribution >= 0.6 is 0 Å². The Kier molecular flexibility index (Phi) is 7.68. The van der Waals surface area contributed by atoms with E-state index in [1.54, 1.807) is 6.07 Å². The van der Waals surface area contributed by atoms with Gasteiger partial charge in [-0.1, -0.05) is 41.5 Å². The van der Waals surface area contributed by atoms with Crippen molar-refractivity contribution in [3.63, 3.8) is 0 Å². The highest BCUT2D eigenvalue weighted by Gasteiger charge is 2.38. The standard InChI is InChI=1S/C36H14F3N7O/c1-18-8-19(2)10-21(9-18)32-34(29(17-43)45-4)25-13-24-23(12-26(25)35(32)46-5)27(15-41)31(33(24)28(16-42)44-3)20-6-7-30(22(11-20)14-40)47-36(37,38)39/h6-13H,1-2H3/b33-28+,34-29-. The third-order valence-corrected chi connectivity index (χ3v) is 7.46. The largest absolute Gasteiger partial charge is 0.573 e. The summed E-state index contributed by atoms with van der Waals surface area (Å²) in [7, 11) is 0. The van der Waals surface area contributed by atoms with Gasteiger partial charge in [0.15, 0.2) is 0 Å². The summed E-state index contributed by atoms with van der Waals surface area (Å²) < 4.78 is 42.9. The number of alkyl halides is 3. The van der Waals surface area contributed by atoms with Gasteiger partial charge in [0.05, 0.1) is 43.0 Å². The van der Waals surface area contributed by atoms with Gasteiger partial charge in [-0.15, -0.1) is 13.2 Å². The zero-order valence-corrected chi connectivity index (χ0v) is 24.3. The fourth-order valence-electron chi connectivity index (χ4n) is 5.87. The summed E-state index contributed by atoms with van der Waals surface area (Å²) in [4.78, 5) is 10.6. The molecular weight excluding hydrogens is 603 g/mol. The first-order chi connectivity index (χ1) is 22.4. The Morgan fingerprint density at radius 1 is 0.702 bits per heavy atom. The number of fused-ring (bicyclic) bond motifs is 2. The molecule has 47 heavy (non-hydrogen) atoms. The fraction of sp³-hybridized carbons (Fsp3) is 0.0833. The number of rotatable bonds is 3. The maximum absolute atomic E-state index is 13.0. The van der Waals surface area contributed by atoms with Crippen molar-refractivity contribution in [3.8, 4) is 30.0 Å². The molecule has 0 fully saturated rings. The summed E-state index contributed by atoms with van der Waals surface area (Å²) in [6, 6.07) is 19.2. The molecule has 0 unspecified atom stereocenters. The molecule has 0 radical (unpaired) electrons. The van der Waals surface area contributed by atoms with Crippen LogP contribution in [0.3, 0.4) is 0 Å². The number of hydrogen-bond donors (Lipinski definition) is 0. The lowest BCUT2D eigenvalue weighted by Crippen LogP contribution is -2.17. The molecule has 2 aliphatic carbocycles. The van der Waals surface area contributed by atoms with Crippen LogP contribution in [0.2, 0.25) is 0 Å². The Hall–Kier alpha value is -7.36. The quantitative estimate of drug-likeness (QED) is 0.215. The SMILES string of the molecule is [C-]#[N+]C1=C(c2cc(C)cc(C)c2)/C(=C(/C#N)[N+]#[C-])c2cc3c(cc21)C(C#N)=C(c1ccc(OC(F)(F)F)c(C#N)c1)/C3=C(\C#N)[N+]#[C-]. The third kappa shape index (κ3) is 5.12. The third-order valence-electron chi connectivity index (χ3n) is 7.46. The maximum atomic E-state index is 13.0. The van der Waals surface area contributed by atoms with Crippen LogP contribution in [0.15, 0.2) is 59.9 Å². The first-order valence-electron chi connectivity index (χ1n) is 13.3. The second-order valence-electron chi connectivity index (χ2n) is 10.3. The molecule has 0 aromatic heterocycles. The van der Waals surface area contributed by atoms with Gasteiger partial charge >= 0.3 is 6.36 Å². The number of allylic oxidation sites excluding steroid dienone is 7. The minimum atomic E-state index is -5.08. The summed E-state index contributed by atoms with van der Waals surface area (Å²) in [5, 5.41) is 40.0. The zero-order valence-electron chi connectivity index (χ0n) is 24.3. The van der Waals surface area contributed by atoms with Crippen LogP contribution in [-0.4, -0.2) is 6.36 Å². The van der Waals surface area contributed by atoms with E-state index in [0.29, 0.717) is 22.3 Å². The molecular formula is C36H14F3N7O. The molecule has 5 rings (SSSR count). The van der Waals surface area contributed by atoms with Gasteiger partial charge in [-0.25, -0.2) is 25.1 Å². The summed E-state index contributed by atoms with van der Waals surface area (Å²) in [5.74, 6) is -0.780. The predicted octanol–water partition coefficient (Wildman–Crippen LogP) is 8.63. The van der Waals surface area contributed by atoms with Gasteiger partial charge in [-0.3, -0.25) is 0 Å². The van der Waals surface area contributed by atoms with Gasteiger partial charge in [0.2, 0.25) is 5.70 Å². The van der Waals surface area contributed by atoms with Gasteiger partial charge in [0.25, 0.3) is 11.4 Å². The number of aryl methyl sites for hydroxylation is 2. The lowest BCUT2D eigenvalue weighted by atomic mass is 9.90. The molecule has 2 aliphatic rings. The van der Waals surface area contributed by atoms with Crippen molar-refractivity contribution < 1.29 is 17.9 Å². The normalized spacial score (nSPS) is 15.1. The highest BCUT2D eigenvalue weighted by atomic mass is 19.4. The molecule has 8 nitrogen and oxygen atoms in total. The number of ether oxygens (including phenoxy) is 1. The molecule has 3 aromatic carbocycles. The Bertz CT molecular complexity index is 2360. The Morgan fingerprint density at radius 3 is 1.79 bits per heavy atom. The zero-order chi connectivity index (χ0) is 34.2. The van der Waals surface area contributed by atoms with Crippen molar-refractivity contribution in [1.29, 1.82) is 21.0 Å². The number of nitrogens with zero attached hydrogens (tertiary/aromatic N) is 7. The second kappa shape index (κ2) is 11.6. The van der Waals surface area contributed by atoms with E-state index in [1.165, 1.54) is 18.2 Å². The number of hydrogen-bond acceptors (Lipinski definition) is 5. The molecule has 0 N–H and O–H groups in total.